The van der Waals surface area contributed by atoms with Crippen molar-refractivity contribution in [3.05, 3.63) is 28.2 Å². The maximum Gasteiger partial charge on any atom is 0.320 e. The lowest BCUT2D eigenvalue weighted by atomic mass is 10.2. The van der Waals surface area contributed by atoms with Gasteiger partial charge in [0.25, 0.3) is 0 Å². The Balaban J connectivity index is 2.09. The van der Waals surface area contributed by atoms with Crippen LogP contribution in [0.25, 0.3) is 0 Å². The van der Waals surface area contributed by atoms with Crippen molar-refractivity contribution in [1.29, 1.82) is 0 Å². The highest BCUT2D eigenvalue weighted by molar-refractivity contribution is 9.10. The molecular formula is C13H16BrNO3. The molecule has 1 heterocycles. The summed E-state index contributed by atoms with van der Waals surface area (Å²) in [6, 6.07) is 5.51. The summed E-state index contributed by atoms with van der Waals surface area (Å²) in [7, 11) is 1.63. The minimum atomic E-state index is -0.722. The summed E-state index contributed by atoms with van der Waals surface area (Å²) in [6.07, 6.45) is 1.70. The predicted molar refractivity (Wildman–Crippen MR) is 71.8 cm³/mol. The lowest BCUT2D eigenvalue weighted by Gasteiger charge is -2.21. The van der Waals surface area contributed by atoms with Gasteiger partial charge in [-0.1, -0.05) is 6.07 Å². The molecule has 98 valence electrons. The predicted octanol–water partition coefficient (Wildman–Crippen LogP) is 2.51. The molecule has 1 aliphatic heterocycles. The zero-order chi connectivity index (χ0) is 13.1. The number of ether oxygens (including phenoxy) is 1. The number of carboxylic acids is 1. The molecule has 1 N–H and O–H groups in total. The zero-order valence-electron chi connectivity index (χ0n) is 10.2. The molecule has 0 saturated carbocycles. The highest BCUT2D eigenvalue weighted by Crippen LogP contribution is 2.27. The van der Waals surface area contributed by atoms with Gasteiger partial charge in [0.15, 0.2) is 0 Å². The maximum absolute atomic E-state index is 11.1. The molecule has 0 spiro atoms. The van der Waals surface area contributed by atoms with E-state index in [1.165, 1.54) is 0 Å². The Morgan fingerprint density at radius 1 is 1.61 bits per heavy atom. The molecule has 0 radical (unpaired) electrons. The number of hydrogen-bond acceptors (Lipinski definition) is 3. The smallest absolute Gasteiger partial charge is 0.320 e. The summed E-state index contributed by atoms with van der Waals surface area (Å²) in [5, 5.41) is 9.13. The number of aliphatic carboxylic acids is 1. The topological polar surface area (TPSA) is 49.8 Å². The summed E-state index contributed by atoms with van der Waals surface area (Å²) in [5.41, 5.74) is 1.09. The molecule has 0 amide bonds. The summed E-state index contributed by atoms with van der Waals surface area (Å²) in [4.78, 5) is 13.1. The molecule has 1 unspecified atom stereocenters. The largest absolute Gasteiger partial charge is 0.496 e. The summed E-state index contributed by atoms with van der Waals surface area (Å²) < 4.78 is 6.07. The molecule has 5 heteroatoms. The second-order valence-electron chi connectivity index (χ2n) is 4.44. The van der Waals surface area contributed by atoms with E-state index in [9.17, 15) is 4.79 Å². The highest BCUT2D eigenvalue weighted by atomic mass is 79.9. The standard InChI is InChI=1S/C13H16BrNO3/c1-18-12-5-4-9(7-10(12)14)8-15-6-2-3-11(15)13(16)17/h4-5,7,11H,2-3,6,8H2,1H3,(H,16,17). The van der Waals surface area contributed by atoms with Gasteiger partial charge in [0.05, 0.1) is 11.6 Å². The fourth-order valence-electron chi connectivity index (χ4n) is 2.34. The Labute approximate surface area is 115 Å². The number of nitrogens with zero attached hydrogens (tertiary/aromatic N) is 1. The molecule has 1 aliphatic rings. The number of likely N-dealkylation sites (tertiary alicyclic amines) is 1. The van der Waals surface area contributed by atoms with Gasteiger partial charge in [0, 0.05) is 6.54 Å². The van der Waals surface area contributed by atoms with Crippen LogP contribution in [0.3, 0.4) is 0 Å². The number of methoxy groups -OCH3 is 1. The Morgan fingerprint density at radius 3 is 3.00 bits per heavy atom. The number of carboxylic acid groups (broad SMARTS) is 1. The van der Waals surface area contributed by atoms with E-state index in [2.05, 4.69) is 15.9 Å². The van der Waals surface area contributed by atoms with E-state index in [4.69, 9.17) is 9.84 Å². The van der Waals surface area contributed by atoms with Crippen molar-refractivity contribution in [2.45, 2.75) is 25.4 Å². The normalized spacial score (nSPS) is 20.0. The van der Waals surface area contributed by atoms with E-state index in [0.29, 0.717) is 6.54 Å². The zero-order valence-corrected chi connectivity index (χ0v) is 11.8. The van der Waals surface area contributed by atoms with Crippen LogP contribution in [-0.4, -0.2) is 35.7 Å². The van der Waals surface area contributed by atoms with Gasteiger partial charge in [-0.3, -0.25) is 9.69 Å². The molecule has 4 nitrogen and oxygen atoms in total. The lowest BCUT2D eigenvalue weighted by molar-refractivity contribution is -0.142. The second-order valence-corrected chi connectivity index (χ2v) is 5.29. The van der Waals surface area contributed by atoms with Crippen LogP contribution in [0.15, 0.2) is 22.7 Å². The average molecular weight is 314 g/mol. The second kappa shape index (κ2) is 5.71. The van der Waals surface area contributed by atoms with E-state index >= 15 is 0 Å². The summed E-state index contributed by atoms with van der Waals surface area (Å²) >= 11 is 3.44. The molecule has 0 aliphatic carbocycles. The lowest BCUT2D eigenvalue weighted by Crippen LogP contribution is -2.35. The first-order chi connectivity index (χ1) is 8.61. The fraction of sp³-hybridized carbons (Fsp3) is 0.462. The third-order valence-electron chi connectivity index (χ3n) is 3.25. The first-order valence-electron chi connectivity index (χ1n) is 5.91. The van der Waals surface area contributed by atoms with E-state index < -0.39 is 5.97 Å². The maximum atomic E-state index is 11.1. The molecule has 2 rings (SSSR count). The monoisotopic (exact) mass is 313 g/mol. The first-order valence-corrected chi connectivity index (χ1v) is 6.70. The minimum absolute atomic E-state index is 0.342. The van der Waals surface area contributed by atoms with E-state index in [-0.39, 0.29) is 6.04 Å². The van der Waals surface area contributed by atoms with Crippen molar-refractivity contribution in [2.75, 3.05) is 13.7 Å². The van der Waals surface area contributed by atoms with Crippen LogP contribution in [0.4, 0.5) is 0 Å². The molecule has 1 aromatic carbocycles. The Hall–Kier alpha value is -1.07. The van der Waals surface area contributed by atoms with Crippen molar-refractivity contribution < 1.29 is 14.6 Å². The molecule has 0 aromatic heterocycles. The van der Waals surface area contributed by atoms with Crippen molar-refractivity contribution >= 4 is 21.9 Å². The van der Waals surface area contributed by atoms with Crippen LogP contribution in [0.2, 0.25) is 0 Å². The molecule has 0 bridgehead atoms. The van der Waals surface area contributed by atoms with Gasteiger partial charge in [0.2, 0.25) is 0 Å². The Bertz CT molecular complexity index is 450. The third-order valence-corrected chi connectivity index (χ3v) is 3.87. The number of rotatable bonds is 4. The quantitative estimate of drug-likeness (QED) is 0.928. The molecular weight excluding hydrogens is 298 g/mol. The number of benzene rings is 1. The average Bonchev–Trinajstić information content (AvgIpc) is 2.77. The van der Waals surface area contributed by atoms with Gasteiger partial charge in [-0.2, -0.15) is 0 Å². The molecule has 1 atom stereocenters. The van der Waals surface area contributed by atoms with Gasteiger partial charge < -0.3 is 9.84 Å². The summed E-state index contributed by atoms with van der Waals surface area (Å²) in [5.74, 6) is 0.0648. The van der Waals surface area contributed by atoms with Gasteiger partial charge in [-0.15, -0.1) is 0 Å². The van der Waals surface area contributed by atoms with Gasteiger partial charge >= 0.3 is 5.97 Å². The van der Waals surface area contributed by atoms with E-state index in [1.54, 1.807) is 7.11 Å². The number of carbonyl (C=O) groups is 1. The van der Waals surface area contributed by atoms with Crippen LogP contribution in [-0.2, 0) is 11.3 Å². The molecule has 1 saturated heterocycles. The fourth-order valence-corrected chi connectivity index (χ4v) is 2.93. The Kier molecular flexibility index (Phi) is 4.24. The van der Waals surface area contributed by atoms with Gasteiger partial charge in [-0.25, -0.2) is 0 Å². The molecule has 1 fully saturated rings. The number of halogens is 1. The Morgan fingerprint density at radius 2 is 2.39 bits per heavy atom. The van der Waals surface area contributed by atoms with Crippen molar-refractivity contribution in [1.82, 2.24) is 4.90 Å². The van der Waals surface area contributed by atoms with Crippen LogP contribution in [0.1, 0.15) is 18.4 Å². The summed E-state index contributed by atoms with van der Waals surface area (Å²) in [6.45, 7) is 1.51. The number of hydrogen-bond donors (Lipinski definition) is 1. The first kappa shape index (κ1) is 13.4. The highest BCUT2D eigenvalue weighted by Gasteiger charge is 2.30. The third kappa shape index (κ3) is 2.84. The molecule has 1 aromatic rings. The van der Waals surface area contributed by atoms with Gasteiger partial charge in [-0.05, 0) is 53.0 Å². The van der Waals surface area contributed by atoms with Gasteiger partial charge in [0.1, 0.15) is 11.8 Å². The van der Waals surface area contributed by atoms with Crippen LogP contribution in [0.5, 0.6) is 5.75 Å². The van der Waals surface area contributed by atoms with E-state index in [0.717, 1.165) is 35.2 Å². The van der Waals surface area contributed by atoms with Crippen molar-refractivity contribution in [3.8, 4) is 5.75 Å². The van der Waals surface area contributed by atoms with Crippen molar-refractivity contribution in [3.63, 3.8) is 0 Å². The van der Waals surface area contributed by atoms with E-state index in [1.807, 2.05) is 23.1 Å². The molecule has 18 heavy (non-hydrogen) atoms. The van der Waals surface area contributed by atoms with Crippen LogP contribution >= 0.6 is 15.9 Å². The van der Waals surface area contributed by atoms with Crippen LogP contribution in [0, 0.1) is 0 Å². The van der Waals surface area contributed by atoms with Crippen molar-refractivity contribution in [2.24, 2.45) is 0 Å². The minimum Gasteiger partial charge on any atom is -0.496 e. The SMILES string of the molecule is COc1ccc(CN2CCCC2C(=O)O)cc1Br. The van der Waals surface area contributed by atoms with Crippen LogP contribution < -0.4 is 4.74 Å².